The number of rotatable bonds is 2. The first kappa shape index (κ1) is 8.38. The Labute approximate surface area is 81.3 Å². The van der Waals surface area contributed by atoms with Gasteiger partial charge in [-0.25, -0.2) is 0 Å². The van der Waals surface area contributed by atoms with Crippen molar-refractivity contribution in [1.82, 2.24) is 10.2 Å². The molecule has 0 atom stereocenters. The molecule has 13 heavy (non-hydrogen) atoms. The molecule has 0 radical (unpaired) electrons. The van der Waals surface area contributed by atoms with Crippen molar-refractivity contribution in [3.05, 3.63) is 35.5 Å². The summed E-state index contributed by atoms with van der Waals surface area (Å²) in [4.78, 5) is 2.68. The summed E-state index contributed by atoms with van der Waals surface area (Å²) in [5.41, 5.74) is 1.15. The van der Waals surface area contributed by atoms with E-state index in [1.54, 1.807) is 12.4 Å². The summed E-state index contributed by atoms with van der Waals surface area (Å²) in [5, 5.41) is 7.61. The van der Waals surface area contributed by atoms with Crippen LogP contribution in [-0.4, -0.2) is 10.2 Å². The van der Waals surface area contributed by atoms with Gasteiger partial charge in [-0.1, -0.05) is 6.92 Å². The van der Waals surface area contributed by atoms with Gasteiger partial charge in [-0.05, 0) is 24.6 Å². The lowest BCUT2D eigenvalue weighted by molar-refractivity contribution is 1.03. The largest absolute Gasteiger partial charge is 0.159 e. The van der Waals surface area contributed by atoms with Crippen molar-refractivity contribution in [3.8, 4) is 10.4 Å². The number of hydrogen-bond donors (Lipinski definition) is 0. The van der Waals surface area contributed by atoms with Crippen molar-refractivity contribution < 1.29 is 0 Å². The van der Waals surface area contributed by atoms with E-state index in [0.29, 0.717) is 0 Å². The van der Waals surface area contributed by atoms with Crippen LogP contribution < -0.4 is 0 Å². The predicted octanol–water partition coefficient (Wildman–Crippen LogP) is 2.77. The summed E-state index contributed by atoms with van der Waals surface area (Å²) in [6.07, 6.45) is 4.62. The van der Waals surface area contributed by atoms with Crippen LogP contribution in [-0.2, 0) is 6.42 Å². The third kappa shape index (κ3) is 1.75. The van der Waals surface area contributed by atoms with Gasteiger partial charge in [0.15, 0.2) is 0 Å². The van der Waals surface area contributed by atoms with E-state index in [1.807, 2.05) is 17.4 Å². The Bertz CT molecular complexity index is 381. The number of nitrogens with zero attached hydrogens (tertiary/aromatic N) is 2. The molecule has 2 rings (SSSR count). The monoisotopic (exact) mass is 190 g/mol. The summed E-state index contributed by atoms with van der Waals surface area (Å²) >= 11 is 1.82. The van der Waals surface area contributed by atoms with Crippen LogP contribution in [0.5, 0.6) is 0 Å². The molecule has 3 heteroatoms. The fraction of sp³-hybridized carbons (Fsp3) is 0.200. The van der Waals surface area contributed by atoms with Gasteiger partial charge in [0.25, 0.3) is 0 Å². The number of hydrogen-bond acceptors (Lipinski definition) is 3. The third-order valence-electron chi connectivity index (χ3n) is 1.88. The van der Waals surface area contributed by atoms with Crippen LogP contribution in [0.3, 0.4) is 0 Å². The van der Waals surface area contributed by atoms with Gasteiger partial charge in [0.1, 0.15) is 0 Å². The zero-order valence-electron chi connectivity index (χ0n) is 7.40. The minimum Gasteiger partial charge on any atom is -0.159 e. The molecule has 0 aliphatic carbocycles. The fourth-order valence-electron chi connectivity index (χ4n) is 1.16. The van der Waals surface area contributed by atoms with Crippen LogP contribution in [0, 0.1) is 0 Å². The van der Waals surface area contributed by atoms with E-state index < -0.39 is 0 Å². The van der Waals surface area contributed by atoms with Gasteiger partial charge in [-0.15, -0.1) is 11.3 Å². The highest BCUT2D eigenvalue weighted by atomic mass is 32.1. The highest BCUT2D eigenvalue weighted by Gasteiger charge is 2.00. The number of aryl methyl sites for hydroxylation is 1. The molecule has 0 aliphatic heterocycles. The van der Waals surface area contributed by atoms with Gasteiger partial charge >= 0.3 is 0 Å². The van der Waals surface area contributed by atoms with Gasteiger partial charge in [0.2, 0.25) is 0 Å². The molecule has 0 spiro atoms. The van der Waals surface area contributed by atoms with Gasteiger partial charge in [0, 0.05) is 15.3 Å². The van der Waals surface area contributed by atoms with E-state index in [0.717, 1.165) is 12.0 Å². The van der Waals surface area contributed by atoms with Crippen LogP contribution in [0.2, 0.25) is 0 Å². The molecular weight excluding hydrogens is 180 g/mol. The van der Waals surface area contributed by atoms with E-state index in [9.17, 15) is 0 Å². The molecule has 2 nitrogen and oxygen atoms in total. The number of aromatic nitrogens is 2. The quantitative estimate of drug-likeness (QED) is 0.727. The summed E-state index contributed by atoms with van der Waals surface area (Å²) in [6, 6.07) is 6.29. The van der Waals surface area contributed by atoms with E-state index in [1.165, 1.54) is 9.75 Å². The molecule has 66 valence electrons. The average molecular weight is 190 g/mol. The molecule has 0 amide bonds. The van der Waals surface area contributed by atoms with Gasteiger partial charge in [0.05, 0.1) is 12.4 Å². The molecule has 2 aromatic rings. The molecule has 0 N–H and O–H groups in total. The molecule has 0 saturated carbocycles. The maximum atomic E-state index is 3.85. The minimum absolute atomic E-state index is 1.10. The zero-order valence-corrected chi connectivity index (χ0v) is 8.21. The second-order valence-electron chi connectivity index (χ2n) is 2.75. The van der Waals surface area contributed by atoms with Gasteiger partial charge in [-0.2, -0.15) is 10.2 Å². The summed E-state index contributed by atoms with van der Waals surface area (Å²) in [5.74, 6) is 0. The molecule has 0 unspecified atom stereocenters. The Morgan fingerprint density at radius 2 is 2.15 bits per heavy atom. The van der Waals surface area contributed by atoms with Crippen molar-refractivity contribution >= 4 is 11.3 Å². The van der Waals surface area contributed by atoms with Crippen LogP contribution in [0.15, 0.2) is 30.6 Å². The summed E-state index contributed by atoms with van der Waals surface area (Å²) in [7, 11) is 0. The first-order valence-electron chi connectivity index (χ1n) is 4.26. The van der Waals surface area contributed by atoms with Gasteiger partial charge < -0.3 is 0 Å². The van der Waals surface area contributed by atoms with Crippen LogP contribution in [0.25, 0.3) is 10.4 Å². The number of thiophene rings is 1. The zero-order chi connectivity index (χ0) is 9.10. The van der Waals surface area contributed by atoms with E-state index in [2.05, 4.69) is 29.3 Å². The molecule has 0 aliphatic rings. The Morgan fingerprint density at radius 1 is 1.23 bits per heavy atom. The lowest BCUT2D eigenvalue weighted by Gasteiger charge is -1.92. The predicted molar refractivity (Wildman–Crippen MR) is 54.7 cm³/mol. The second-order valence-corrected chi connectivity index (χ2v) is 3.92. The maximum Gasteiger partial charge on any atom is 0.0582 e. The molecule has 0 bridgehead atoms. The van der Waals surface area contributed by atoms with E-state index >= 15 is 0 Å². The van der Waals surface area contributed by atoms with Crippen molar-refractivity contribution in [1.29, 1.82) is 0 Å². The minimum atomic E-state index is 1.10. The maximum absolute atomic E-state index is 3.85. The van der Waals surface area contributed by atoms with Crippen molar-refractivity contribution in [3.63, 3.8) is 0 Å². The Morgan fingerprint density at radius 3 is 2.77 bits per heavy atom. The molecule has 0 aromatic carbocycles. The molecule has 0 fully saturated rings. The highest BCUT2D eigenvalue weighted by molar-refractivity contribution is 7.15. The van der Waals surface area contributed by atoms with E-state index in [4.69, 9.17) is 0 Å². The van der Waals surface area contributed by atoms with Crippen molar-refractivity contribution in [2.45, 2.75) is 13.3 Å². The van der Waals surface area contributed by atoms with Crippen molar-refractivity contribution in [2.75, 3.05) is 0 Å². The fourth-order valence-corrected chi connectivity index (χ4v) is 2.10. The molecular formula is C10H10N2S. The normalized spacial score (nSPS) is 10.2. The smallest absolute Gasteiger partial charge is 0.0582 e. The molecule has 0 saturated heterocycles. The third-order valence-corrected chi connectivity index (χ3v) is 3.16. The second kappa shape index (κ2) is 3.66. The standard InChI is InChI=1S/C10H10N2S/c1-2-9-3-4-10(13-9)8-5-6-11-12-7-8/h3-7H,2H2,1H3. The Kier molecular flexibility index (Phi) is 2.36. The summed E-state index contributed by atoms with van der Waals surface area (Å²) < 4.78 is 0. The average Bonchev–Trinajstić information content (AvgIpc) is 2.67. The first-order chi connectivity index (χ1) is 6.40. The lowest BCUT2D eigenvalue weighted by Crippen LogP contribution is -1.78. The van der Waals surface area contributed by atoms with Gasteiger partial charge in [-0.3, -0.25) is 0 Å². The van der Waals surface area contributed by atoms with Crippen molar-refractivity contribution in [2.24, 2.45) is 0 Å². The first-order valence-corrected chi connectivity index (χ1v) is 5.07. The SMILES string of the molecule is CCc1ccc(-c2ccnnc2)s1. The molecule has 2 heterocycles. The van der Waals surface area contributed by atoms with E-state index in [-0.39, 0.29) is 0 Å². The van der Waals surface area contributed by atoms with Crippen LogP contribution in [0.1, 0.15) is 11.8 Å². The topological polar surface area (TPSA) is 25.8 Å². The van der Waals surface area contributed by atoms with Crippen LogP contribution in [0.4, 0.5) is 0 Å². The summed E-state index contributed by atoms with van der Waals surface area (Å²) in [6.45, 7) is 2.17. The Hall–Kier alpha value is -1.22. The Balaban J connectivity index is 2.36. The lowest BCUT2D eigenvalue weighted by atomic mass is 10.2. The molecule has 2 aromatic heterocycles. The highest BCUT2D eigenvalue weighted by Crippen LogP contribution is 2.27. The van der Waals surface area contributed by atoms with Crippen LogP contribution >= 0.6 is 11.3 Å².